The highest BCUT2D eigenvalue weighted by atomic mass is 35.5. The maximum absolute atomic E-state index is 6.14. The van der Waals surface area contributed by atoms with E-state index < -0.39 is 0 Å². The Morgan fingerprint density at radius 2 is 1.94 bits per heavy atom. The van der Waals surface area contributed by atoms with Crippen LogP contribution in [-0.4, -0.2) is 29.5 Å². The lowest BCUT2D eigenvalue weighted by atomic mass is 10.3. The molecule has 0 radical (unpaired) electrons. The average Bonchev–Trinajstić information content (AvgIpc) is 2.96. The fraction of sp³-hybridized carbons (Fsp3) is 0.0909. The second-order valence-electron chi connectivity index (χ2n) is 3.65. The third kappa shape index (κ3) is 1.76. The maximum atomic E-state index is 6.14. The fourth-order valence-electron chi connectivity index (χ4n) is 1.65. The molecule has 0 N–H and O–H groups in total. The summed E-state index contributed by atoms with van der Waals surface area (Å²) in [6, 6.07) is 5.37. The highest BCUT2D eigenvalue weighted by Gasteiger charge is 2.12. The van der Waals surface area contributed by atoms with E-state index in [2.05, 4.69) is 20.2 Å². The molecule has 90 valence electrons. The molecule has 0 aliphatic carbocycles. The maximum Gasteiger partial charge on any atom is 0.251 e. The lowest BCUT2D eigenvalue weighted by Gasteiger charge is -1.99. The Balaban J connectivity index is 2.10. The summed E-state index contributed by atoms with van der Waals surface area (Å²) in [5.41, 5.74) is 1.61. The average molecular weight is 261 g/mol. The van der Waals surface area contributed by atoms with Crippen molar-refractivity contribution in [2.45, 2.75) is 0 Å². The first kappa shape index (κ1) is 10.9. The van der Waals surface area contributed by atoms with Gasteiger partial charge in [0, 0.05) is 31.7 Å². The summed E-state index contributed by atoms with van der Waals surface area (Å²) in [4.78, 5) is 8.22. The zero-order chi connectivity index (χ0) is 12.5. The van der Waals surface area contributed by atoms with E-state index in [1.165, 1.54) is 4.68 Å². The minimum absolute atomic E-state index is 0.441. The lowest BCUT2D eigenvalue weighted by Crippen LogP contribution is -2.02. The molecular formula is C11H9ClN6. The minimum atomic E-state index is 0.441. The Bertz CT molecular complexity index is 672. The largest absolute Gasteiger partial charge is 0.266 e. The molecule has 18 heavy (non-hydrogen) atoms. The van der Waals surface area contributed by atoms with Gasteiger partial charge < -0.3 is 0 Å². The van der Waals surface area contributed by atoms with Crippen LogP contribution in [0, 0.1) is 0 Å². The molecule has 3 rings (SSSR count). The SMILES string of the molecule is Cn1nccc1-c1cc(Cl)n(-c2ncccn2)n1. The highest BCUT2D eigenvalue weighted by molar-refractivity contribution is 6.30. The van der Waals surface area contributed by atoms with Gasteiger partial charge in [0.25, 0.3) is 5.95 Å². The van der Waals surface area contributed by atoms with Gasteiger partial charge in [0.15, 0.2) is 0 Å². The Hall–Kier alpha value is -2.21. The van der Waals surface area contributed by atoms with Gasteiger partial charge in [-0.3, -0.25) is 4.68 Å². The molecule has 0 atom stereocenters. The molecule has 3 heterocycles. The second-order valence-corrected chi connectivity index (χ2v) is 4.04. The first-order valence-electron chi connectivity index (χ1n) is 5.27. The summed E-state index contributed by atoms with van der Waals surface area (Å²) in [6.07, 6.45) is 5.00. The van der Waals surface area contributed by atoms with Gasteiger partial charge in [-0.1, -0.05) is 11.6 Å². The molecule has 0 amide bonds. The van der Waals surface area contributed by atoms with Crippen LogP contribution in [-0.2, 0) is 7.05 Å². The van der Waals surface area contributed by atoms with Crippen molar-refractivity contribution in [3.63, 3.8) is 0 Å². The Morgan fingerprint density at radius 3 is 2.61 bits per heavy atom. The van der Waals surface area contributed by atoms with Crippen molar-refractivity contribution in [1.29, 1.82) is 0 Å². The van der Waals surface area contributed by atoms with Crippen LogP contribution in [0.4, 0.5) is 0 Å². The van der Waals surface area contributed by atoms with E-state index >= 15 is 0 Å². The van der Waals surface area contributed by atoms with E-state index in [1.54, 1.807) is 35.4 Å². The molecule has 7 heteroatoms. The molecule has 0 saturated carbocycles. The number of aryl methyl sites for hydroxylation is 1. The number of rotatable bonds is 2. The minimum Gasteiger partial charge on any atom is -0.266 e. The summed E-state index contributed by atoms with van der Waals surface area (Å²) in [5.74, 6) is 0.441. The van der Waals surface area contributed by atoms with Gasteiger partial charge in [0.2, 0.25) is 0 Å². The molecule has 0 saturated heterocycles. The standard InChI is InChI=1S/C11H9ClN6/c1-17-9(3-6-15-17)8-7-10(12)18(16-8)11-13-4-2-5-14-11/h2-7H,1H3. The van der Waals surface area contributed by atoms with E-state index in [0.717, 1.165) is 11.4 Å². The van der Waals surface area contributed by atoms with Crippen LogP contribution in [0.25, 0.3) is 17.3 Å². The number of hydrogen-bond donors (Lipinski definition) is 0. The molecule has 0 spiro atoms. The van der Waals surface area contributed by atoms with Gasteiger partial charge in [0.05, 0.1) is 5.69 Å². The van der Waals surface area contributed by atoms with Crippen molar-refractivity contribution in [2.75, 3.05) is 0 Å². The smallest absolute Gasteiger partial charge is 0.251 e. The molecule has 3 aromatic rings. The molecular weight excluding hydrogens is 252 g/mol. The van der Waals surface area contributed by atoms with E-state index in [1.807, 2.05) is 13.1 Å². The van der Waals surface area contributed by atoms with E-state index in [9.17, 15) is 0 Å². The number of nitrogens with zero attached hydrogens (tertiary/aromatic N) is 6. The third-order valence-corrected chi connectivity index (χ3v) is 2.76. The molecule has 3 aromatic heterocycles. The predicted molar refractivity (Wildman–Crippen MR) is 66.4 cm³/mol. The van der Waals surface area contributed by atoms with Gasteiger partial charge in [-0.25, -0.2) is 9.97 Å². The number of hydrogen-bond acceptors (Lipinski definition) is 4. The lowest BCUT2D eigenvalue weighted by molar-refractivity contribution is 0.764. The van der Waals surface area contributed by atoms with Crippen LogP contribution in [0.1, 0.15) is 0 Å². The Labute approximate surface area is 108 Å². The van der Waals surface area contributed by atoms with E-state index in [0.29, 0.717) is 11.1 Å². The van der Waals surface area contributed by atoms with Crippen LogP contribution in [0.15, 0.2) is 36.8 Å². The van der Waals surface area contributed by atoms with Crippen LogP contribution in [0.2, 0.25) is 5.15 Å². The first-order chi connectivity index (χ1) is 8.75. The molecule has 0 bridgehead atoms. The summed E-state index contributed by atoms with van der Waals surface area (Å²) in [6.45, 7) is 0. The van der Waals surface area contributed by atoms with Crippen molar-refractivity contribution in [2.24, 2.45) is 7.05 Å². The topological polar surface area (TPSA) is 61.4 Å². The fourth-order valence-corrected chi connectivity index (χ4v) is 1.87. The van der Waals surface area contributed by atoms with Gasteiger partial charge in [-0.15, -0.1) is 0 Å². The van der Waals surface area contributed by atoms with Crippen molar-refractivity contribution in [1.82, 2.24) is 29.5 Å². The van der Waals surface area contributed by atoms with Crippen molar-refractivity contribution >= 4 is 11.6 Å². The molecule has 0 aliphatic rings. The zero-order valence-corrected chi connectivity index (χ0v) is 10.3. The van der Waals surface area contributed by atoms with Crippen LogP contribution < -0.4 is 0 Å². The Morgan fingerprint density at radius 1 is 1.17 bits per heavy atom. The van der Waals surface area contributed by atoms with Gasteiger partial charge >= 0.3 is 0 Å². The van der Waals surface area contributed by atoms with Gasteiger partial charge in [0.1, 0.15) is 10.8 Å². The predicted octanol–water partition coefficient (Wildman–Crippen LogP) is 1.72. The highest BCUT2D eigenvalue weighted by Crippen LogP contribution is 2.22. The van der Waals surface area contributed by atoms with Crippen LogP contribution >= 0.6 is 11.6 Å². The molecule has 0 unspecified atom stereocenters. The second kappa shape index (κ2) is 4.23. The van der Waals surface area contributed by atoms with Gasteiger partial charge in [-0.2, -0.15) is 14.9 Å². The van der Waals surface area contributed by atoms with Crippen molar-refractivity contribution in [3.8, 4) is 17.3 Å². The Kier molecular flexibility index (Phi) is 2.56. The number of halogens is 1. The monoisotopic (exact) mass is 260 g/mol. The summed E-state index contributed by atoms with van der Waals surface area (Å²) in [5, 5.41) is 8.94. The first-order valence-corrected chi connectivity index (χ1v) is 5.65. The normalized spacial score (nSPS) is 10.8. The zero-order valence-electron chi connectivity index (χ0n) is 9.53. The van der Waals surface area contributed by atoms with Crippen molar-refractivity contribution < 1.29 is 0 Å². The summed E-state index contributed by atoms with van der Waals surface area (Å²) >= 11 is 6.14. The number of aromatic nitrogens is 6. The van der Waals surface area contributed by atoms with E-state index in [4.69, 9.17) is 11.6 Å². The summed E-state index contributed by atoms with van der Waals surface area (Å²) < 4.78 is 3.22. The van der Waals surface area contributed by atoms with Crippen LogP contribution in [0.5, 0.6) is 0 Å². The molecule has 0 aromatic carbocycles. The quantitative estimate of drug-likeness (QED) is 0.704. The third-order valence-electron chi connectivity index (χ3n) is 2.49. The summed E-state index contributed by atoms with van der Waals surface area (Å²) in [7, 11) is 1.85. The molecule has 6 nitrogen and oxygen atoms in total. The van der Waals surface area contributed by atoms with Gasteiger partial charge in [-0.05, 0) is 12.1 Å². The van der Waals surface area contributed by atoms with Crippen LogP contribution in [0.3, 0.4) is 0 Å². The van der Waals surface area contributed by atoms with E-state index in [-0.39, 0.29) is 0 Å². The van der Waals surface area contributed by atoms with Crippen molar-refractivity contribution in [3.05, 3.63) is 41.9 Å². The molecule has 0 aliphatic heterocycles. The molecule has 0 fully saturated rings.